The van der Waals surface area contributed by atoms with Crippen LogP contribution in [0, 0.1) is 0 Å². The van der Waals surface area contributed by atoms with Gasteiger partial charge in [-0.15, -0.1) is 0 Å². The van der Waals surface area contributed by atoms with Crippen LogP contribution < -0.4 is 5.73 Å². The minimum Gasteiger partial charge on any atom is -0.342 e. The SMILES string of the molecule is CC(Cc1ccc(Cl)cc1)N(C)C(=O)CN. The van der Waals surface area contributed by atoms with Crippen LogP contribution >= 0.6 is 11.6 Å². The van der Waals surface area contributed by atoms with E-state index in [0.717, 1.165) is 17.0 Å². The first-order valence-electron chi connectivity index (χ1n) is 5.24. The van der Waals surface area contributed by atoms with Crippen LogP contribution in [0.4, 0.5) is 0 Å². The van der Waals surface area contributed by atoms with E-state index in [-0.39, 0.29) is 18.5 Å². The lowest BCUT2D eigenvalue weighted by Crippen LogP contribution is -2.40. The number of likely N-dealkylation sites (N-methyl/N-ethyl adjacent to an activating group) is 1. The molecule has 0 heterocycles. The fourth-order valence-corrected chi connectivity index (χ4v) is 1.61. The average Bonchev–Trinajstić information content (AvgIpc) is 2.30. The Bertz CT molecular complexity index is 351. The smallest absolute Gasteiger partial charge is 0.236 e. The van der Waals surface area contributed by atoms with Crippen LogP contribution in [0.5, 0.6) is 0 Å². The Balaban J connectivity index is 2.60. The van der Waals surface area contributed by atoms with E-state index < -0.39 is 0 Å². The number of nitrogens with two attached hydrogens (primary N) is 1. The topological polar surface area (TPSA) is 46.3 Å². The normalized spacial score (nSPS) is 12.2. The molecule has 88 valence electrons. The summed E-state index contributed by atoms with van der Waals surface area (Å²) < 4.78 is 0. The number of rotatable bonds is 4. The van der Waals surface area contributed by atoms with Gasteiger partial charge in [-0.3, -0.25) is 4.79 Å². The monoisotopic (exact) mass is 240 g/mol. The van der Waals surface area contributed by atoms with Crippen molar-refractivity contribution in [2.45, 2.75) is 19.4 Å². The molecule has 1 aromatic carbocycles. The quantitative estimate of drug-likeness (QED) is 0.871. The molecular formula is C12H17ClN2O. The van der Waals surface area contributed by atoms with Crippen molar-refractivity contribution in [2.75, 3.05) is 13.6 Å². The number of hydrogen-bond acceptors (Lipinski definition) is 2. The Kier molecular flexibility index (Phi) is 4.77. The summed E-state index contributed by atoms with van der Waals surface area (Å²) in [5, 5.41) is 0.725. The lowest BCUT2D eigenvalue weighted by Gasteiger charge is -2.24. The van der Waals surface area contributed by atoms with Crippen molar-refractivity contribution in [3.8, 4) is 0 Å². The number of nitrogens with zero attached hydrogens (tertiary/aromatic N) is 1. The third-order valence-corrected chi connectivity index (χ3v) is 2.93. The van der Waals surface area contributed by atoms with Crippen LogP contribution in [0.15, 0.2) is 24.3 Å². The zero-order valence-electron chi connectivity index (χ0n) is 9.61. The van der Waals surface area contributed by atoms with Crippen molar-refractivity contribution < 1.29 is 4.79 Å². The molecular weight excluding hydrogens is 224 g/mol. The molecule has 2 N–H and O–H groups in total. The second-order valence-electron chi connectivity index (χ2n) is 3.89. The van der Waals surface area contributed by atoms with Gasteiger partial charge in [0.05, 0.1) is 6.54 Å². The first kappa shape index (κ1) is 13.0. The van der Waals surface area contributed by atoms with Crippen LogP contribution in [0.2, 0.25) is 5.02 Å². The first-order valence-corrected chi connectivity index (χ1v) is 5.62. The molecule has 0 spiro atoms. The van der Waals surface area contributed by atoms with E-state index in [1.807, 2.05) is 31.2 Å². The molecule has 0 aliphatic heterocycles. The van der Waals surface area contributed by atoms with Crippen LogP contribution in [0.25, 0.3) is 0 Å². The van der Waals surface area contributed by atoms with Crippen molar-refractivity contribution in [2.24, 2.45) is 5.73 Å². The van der Waals surface area contributed by atoms with Gasteiger partial charge in [-0.05, 0) is 31.0 Å². The lowest BCUT2D eigenvalue weighted by molar-refractivity contribution is -0.130. The standard InChI is InChI=1S/C12H17ClN2O/c1-9(15(2)12(16)8-14)7-10-3-5-11(13)6-4-10/h3-6,9H,7-8,14H2,1-2H3. The summed E-state index contributed by atoms with van der Waals surface area (Å²) in [5.74, 6) is -0.0403. The zero-order valence-corrected chi connectivity index (χ0v) is 10.4. The lowest BCUT2D eigenvalue weighted by atomic mass is 10.1. The molecule has 0 aromatic heterocycles. The van der Waals surface area contributed by atoms with Gasteiger partial charge in [0, 0.05) is 18.1 Å². The maximum absolute atomic E-state index is 11.4. The van der Waals surface area contributed by atoms with Crippen molar-refractivity contribution >= 4 is 17.5 Å². The summed E-state index contributed by atoms with van der Waals surface area (Å²) >= 11 is 5.80. The van der Waals surface area contributed by atoms with E-state index in [4.69, 9.17) is 17.3 Å². The number of benzene rings is 1. The summed E-state index contributed by atoms with van der Waals surface area (Å²) in [6.07, 6.45) is 0.805. The predicted octanol–water partition coefficient (Wildman–Crippen LogP) is 1.69. The van der Waals surface area contributed by atoms with E-state index >= 15 is 0 Å². The second kappa shape index (κ2) is 5.87. The van der Waals surface area contributed by atoms with Gasteiger partial charge >= 0.3 is 0 Å². The van der Waals surface area contributed by atoms with Gasteiger partial charge in [-0.2, -0.15) is 0 Å². The van der Waals surface area contributed by atoms with E-state index in [0.29, 0.717) is 0 Å². The molecule has 1 aromatic rings. The summed E-state index contributed by atoms with van der Waals surface area (Å²) in [7, 11) is 1.77. The third kappa shape index (κ3) is 3.51. The number of hydrogen-bond donors (Lipinski definition) is 1. The van der Waals surface area contributed by atoms with E-state index in [9.17, 15) is 4.79 Å². The largest absolute Gasteiger partial charge is 0.342 e. The fourth-order valence-electron chi connectivity index (χ4n) is 1.49. The molecule has 1 rings (SSSR count). The first-order chi connectivity index (χ1) is 7.54. The Morgan fingerprint density at radius 1 is 1.44 bits per heavy atom. The Hall–Kier alpha value is -1.06. The number of halogens is 1. The Labute approximate surface area is 101 Å². The van der Waals surface area contributed by atoms with Crippen LogP contribution in [-0.2, 0) is 11.2 Å². The van der Waals surface area contributed by atoms with Gasteiger partial charge < -0.3 is 10.6 Å². The molecule has 4 heteroatoms. The molecule has 1 atom stereocenters. The summed E-state index contributed by atoms with van der Waals surface area (Å²) in [4.78, 5) is 13.1. The molecule has 0 radical (unpaired) electrons. The van der Waals surface area contributed by atoms with Gasteiger partial charge in [0.2, 0.25) is 5.91 Å². The highest BCUT2D eigenvalue weighted by Crippen LogP contribution is 2.12. The van der Waals surface area contributed by atoms with Crippen LogP contribution in [-0.4, -0.2) is 30.4 Å². The number of carbonyl (C=O) groups is 1. The van der Waals surface area contributed by atoms with Gasteiger partial charge in [-0.25, -0.2) is 0 Å². The highest BCUT2D eigenvalue weighted by atomic mass is 35.5. The molecule has 0 fully saturated rings. The zero-order chi connectivity index (χ0) is 12.1. The molecule has 3 nitrogen and oxygen atoms in total. The molecule has 1 unspecified atom stereocenters. The molecule has 0 bridgehead atoms. The molecule has 0 saturated heterocycles. The van der Waals surface area contributed by atoms with Gasteiger partial charge in [0.15, 0.2) is 0 Å². The van der Waals surface area contributed by atoms with E-state index in [1.54, 1.807) is 11.9 Å². The van der Waals surface area contributed by atoms with Crippen molar-refractivity contribution in [3.05, 3.63) is 34.9 Å². The summed E-state index contributed by atoms with van der Waals surface area (Å²) in [6, 6.07) is 7.79. The maximum atomic E-state index is 11.4. The van der Waals surface area contributed by atoms with Crippen LogP contribution in [0.1, 0.15) is 12.5 Å². The number of carbonyl (C=O) groups excluding carboxylic acids is 1. The summed E-state index contributed by atoms with van der Waals surface area (Å²) in [6.45, 7) is 2.06. The number of amides is 1. The summed E-state index contributed by atoms with van der Waals surface area (Å²) in [5.41, 5.74) is 6.48. The van der Waals surface area contributed by atoms with Crippen LogP contribution in [0.3, 0.4) is 0 Å². The fraction of sp³-hybridized carbons (Fsp3) is 0.417. The highest BCUT2D eigenvalue weighted by molar-refractivity contribution is 6.30. The van der Waals surface area contributed by atoms with Crippen molar-refractivity contribution in [1.82, 2.24) is 4.90 Å². The molecule has 1 amide bonds. The third-order valence-electron chi connectivity index (χ3n) is 2.67. The average molecular weight is 241 g/mol. The van der Waals surface area contributed by atoms with Gasteiger partial charge in [0.1, 0.15) is 0 Å². The molecule has 0 saturated carbocycles. The van der Waals surface area contributed by atoms with Gasteiger partial charge in [-0.1, -0.05) is 23.7 Å². The maximum Gasteiger partial charge on any atom is 0.236 e. The molecule has 0 aliphatic carbocycles. The van der Waals surface area contributed by atoms with Crippen molar-refractivity contribution in [1.29, 1.82) is 0 Å². The van der Waals surface area contributed by atoms with E-state index in [1.165, 1.54) is 0 Å². The van der Waals surface area contributed by atoms with E-state index in [2.05, 4.69) is 0 Å². The highest BCUT2D eigenvalue weighted by Gasteiger charge is 2.14. The molecule has 0 aliphatic rings. The second-order valence-corrected chi connectivity index (χ2v) is 4.32. The van der Waals surface area contributed by atoms with Crippen molar-refractivity contribution in [3.63, 3.8) is 0 Å². The Morgan fingerprint density at radius 3 is 2.50 bits per heavy atom. The Morgan fingerprint density at radius 2 is 2.00 bits per heavy atom. The molecule has 16 heavy (non-hydrogen) atoms. The predicted molar refractivity (Wildman–Crippen MR) is 66.4 cm³/mol. The van der Waals surface area contributed by atoms with Gasteiger partial charge in [0.25, 0.3) is 0 Å². The minimum absolute atomic E-state index is 0.0403. The minimum atomic E-state index is -0.0403.